The Morgan fingerprint density at radius 1 is 0.895 bits per heavy atom. The van der Waals surface area contributed by atoms with E-state index in [0.717, 1.165) is 31.6 Å². The van der Waals surface area contributed by atoms with E-state index < -0.39 is 11.6 Å². The third-order valence-electron chi connectivity index (χ3n) is 3.51. The summed E-state index contributed by atoms with van der Waals surface area (Å²) in [4.78, 5) is 10.7. The molecular formula is C15H29ClO3. The highest BCUT2D eigenvalue weighted by atomic mass is 35.5. The van der Waals surface area contributed by atoms with E-state index in [0.29, 0.717) is 6.42 Å². The van der Waals surface area contributed by atoms with E-state index in [-0.39, 0.29) is 0 Å². The summed E-state index contributed by atoms with van der Waals surface area (Å²) in [6.45, 7) is 1.37. The summed E-state index contributed by atoms with van der Waals surface area (Å²) in [7, 11) is 0. The van der Waals surface area contributed by atoms with Crippen molar-refractivity contribution in [1.29, 1.82) is 0 Å². The molecule has 0 fully saturated rings. The van der Waals surface area contributed by atoms with Crippen LogP contribution in [0.1, 0.15) is 77.6 Å². The van der Waals surface area contributed by atoms with Crippen molar-refractivity contribution < 1.29 is 15.0 Å². The van der Waals surface area contributed by atoms with E-state index in [4.69, 9.17) is 16.7 Å². The molecule has 0 aliphatic rings. The van der Waals surface area contributed by atoms with Crippen molar-refractivity contribution in [3.05, 3.63) is 0 Å². The Morgan fingerprint density at radius 3 is 1.63 bits per heavy atom. The van der Waals surface area contributed by atoms with E-state index in [2.05, 4.69) is 0 Å². The molecule has 19 heavy (non-hydrogen) atoms. The Kier molecular flexibility index (Phi) is 11.4. The molecule has 114 valence electrons. The minimum absolute atomic E-state index is 0.348. The number of alkyl halides is 1. The lowest BCUT2D eigenvalue weighted by atomic mass is 9.97. The number of halogens is 1. The average molecular weight is 293 g/mol. The first-order valence-corrected chi connectivity index (χ1v) is 8.06. The molecule has 0 saturated carbocycles. The van der Waals surface area contributed by atoms with Crippen LogP contribution >= 0.6 is 11.6 Å². The largest absolute Gasteiger partial charge is 0.479 e. The van der Waals surface area contributed by atoms with Gasteiger partial charge in [0, 0.05) is 5.88 Å². The molecule has 0 spiro atoms. The number of hydrogen-bond donors (Lipinski definition) is 2. The lowest BCUT2D eigenvalue weighted by Crippen LogP contribution is -2.34. The summed E-state index contributed by atoms with van der Waals surface area (Å²) in [5, 5.41) is 18.3. The van der Waals surface area contributed by atoms with E-state index in [1.807, 2.05) is 0 Å². The van der Waals surface area contributed by atoms with Gasteiger partial charge in [-0.05, 0) is 26.2 Å². The van der Waals surface area contributed by atoms with Gasteiger partial charge in [0.15, 0.2) is 5.60 Å². The van der Waals surface area contributed by atoms with E-state index in [1.54, 1.807) is 0 Å². The van der Waals surface area contributed by atoms with Gasteiger partial charge in [0.25, 0.3) is 0 Å². The maximum absolute atomic E-state index is 10.7. The van der Waals surface area contributed by atoms with Gasteiger partial charge in [-0.1, -0.05) is 51.4 Å². The maximum atomic E-state index is 10.7. The summed E-state index contributed by atoms with van der Waals surface area (Å²) < 4.78 is 0. The molecule has 0 aromatic rings. The van der Waals surface area contributed by atoms with Crippen molar-refractivity contribution in [3.63, 3.8) is 0 Å². The molecule has 0 amide bonds. The standard InChI is InChI=1S/C15H29ClO3/c1-15(19,14(17)18)12-10-8-6-4-2-3-5-7-9-11-13-16/h19H,2-13H2,1H3,(H,17,18). The number of carbonyl (C=O) groups is 1. The quantitative estimate of drug-likeness (QED) is 0.392. The number of aliphatic carboxylic acids is 1. The van der Waals surface area contributed by atoms with Gasteiger partial charge in [-0.2, -0.15) is 0 Å². The summed E-state index contributed by atoms with van der Waals surface area (Å²) >= 11 is 5.61. The summed E-state index contributed by atoms with van der Waals surface area (Å²) in [5.74, 6) is -0.343. The van der Waals surface area contributed by atoms with Crippen molar-refractivity contribution in [3.8, 4) is 0 Å². The predicted octanol–water partition coefficient (Wildman–Crippen LogP) is 4.35. The molecule has 0 aromatic carbocycles. The first-order chi connectivity index (χ1) is 9.00. The molecule has 1 unspecified atom stereocenters. The normalized spacial score (nSPS) is 14.3. The van der Waals surface area contributed by atoms with Gasteiger partial charge < -0.3 is 10.2 Å². The molecule has 0 bridgehead atoms. The van der Waals surface area contributed by atoms with Gasteiger partial charge in [-0.15, -0.1) is 11.6 Å². The van der Waals surface area contributed by atoms with Crippen LogP contribution in [0.5, 0.6) is 0 Å². The zero-order valence-corrected chi connectivity index (χ0v) is 12.9. The van der Waals surface area contributed by atoms with Crippen LogP contribution in [-0.2, 0) is 4.79 Å². The van der Waals surface area contributed by atoms with E-state index in [1.165, 1.54) is 45.4 Å². The average Bonchev–Trinajstić information content (AvgIpc) is 2.35. The molecule has 0 rings (SSSR count). The first-order valence-electron chi connectivity index (χ1n) is 7.52. The van der Waals surface area contributed by atoms with Crippen molar-refractivity contribution in [2.45, 2.75) is 83.2 Å². The highest BCUT2D eigenvalue weighted by Gasteiger charge is 2.28. The van der Waals surface area contributed by atoms with Crippen molar-refractivity contribution in [1.82, 2.24) is 0 Å². The number of rotatable bonds is 13. The molecule has 0 aromatic heterocycles. The molecule has 0 radical (unpaired) electrons. The molecular weight excluding hydrogens is 264 g/mol. The third-order valence-corrected chi connectivity index (χ3v) is 3.78. The van der Waals surface area contributed by atoms with E-state index >= 15 is 0 Å². The Balaban J connectivity index is 3.21. The molecule has 0 saturated heterocycles. The van der Waals surface area contributed by atoms with Crippen LogP contribution in [0, 0.1) is 0 Å². The molecule has 2 N–H and O–H groups in total. The molecule has 4 heteroatoms. The number of unbranched alkanes of at least 4 members (excludes halogenated alkanes) is 9. The maximum Gasteiger partial charge on any atom is 0.335 e. The smallest absolute Gasteiger partial charge is 0.335 e. The number of aliphatic hydroxyl groups is 1. The minimum atomic E-state index is -1.55. The fourth-order valence-electron chi connectivity index (χ4n) is 2.08. The van der Waals surface area contributed by atoms with Crippen LogP contribution < -0.4 is 0 Å². The number of carboxylic acid groups (broad SMARTS) is 1. The highest BCUT2D eigenvalue weighted by Crippen LogP contribution is 2.16. The highest BCUT2D eigenvalue weighted by molar-refractivity contribution is 6.17. The molecule has 0 heterocycles. The Hall–Kier alpha value is -0.280. The topological polar surface area (TPSA) is 57.5 Å². The Bertz CT molecular complexity index is 229. The molecule has 3 nitrogen and oxygen atoms in total. The molecule has 1 atom stereocenters. The van der Waals surface area contributed by atoms with Crippen LogP contribution in [-0.4, -0.2) is 27.7 Å². The lowest BCUT2D eigenvalue weighted by molar-refractivity contribution is -0.157. The van der Waals surface area contributed by atoms with Crippen LogP contribution in [0.25, 0.3) is 0 Å². The zero-order valence-electron chi connectivity index (χ0n) is 12.2. The molecule has 0 aliphatic carbocycles. The second kappa shape index (κ2) is 11.5. The zero-order chi connectivity index (χ0) is 14.6. The Morgan fingerprint density at radius 2 is 1.26 bits per heavy atom. The lowest BCUT2D eigenvalue weighted by Gasteiger charge is -2.17. The van der Waals surface area contributed by atoms with Gasteiger partial charge in [0.2, 0.25) is 0 Å². The van der Waals surface area contributed by atoms with Gasteiger partial charge in [-0.25, -0.2) is 4.79 Å². The molecule has 0 aliphatic heterocycles. The van der Waals surface area contributed by atoms with E-state index in [9.17, 15) is 9.90 Å². The Labute approximate surface area is 122 Å². The first kappa shape index (κ1) is 18.7. The van der Waals surface area contributed by atoms with Crippen molar-refractivity contribution in [2.24, 2.45) is 0 Å². The minimum Gasteiger partial charge on any atom is -0.479 e. The monoisotopic (exact) mass is 292 g/mol. The van der Waals surface area contributed by atoms with Gasteiger partial charge in [0.05, 0.1) is 0 Å². The van der Waals surface area contributed by atoms with Crippen molar-refractivity contribution >= 4 is 17.6 Å². The van der Waals surface area contributed by atoms with Crippen LogP contribution in [0.4, 0.5) is 0 Å². The third kappa shape index (κ3) is 11.3. The second-order valence-electron chi connectivity index (χ2n) is 5.55. The fraction of sp³-hybridized carbons (Fsp3) is 0.933. The number of hydrogen-bond acceptors (Lipinski definition) is 2. The predicted molar refractivity (Wildman–Crippen MR) is 79.8 cm³/mol. The van der Waals surface area contributed by atoms with Crippen LogP contribution in [0.3, 0.4) is 0 Å². The van der Waals surface area contributed by atoms with Gasteiger partial charge >= 0.3 is 5.97 Å². The van der Waals surface area contributed by atoms with Crippen molar-refractivity contribution in [2.75, 3.05) is 5.88 Å². The summed E-state index contributed by atoms with van der Waals surface area (Å²) in [5.41, 5.74) is -1.55. The van der Waals surface area contributed by atoms with Crippen LogP contribution in [0.2, 0.25) is 0 Å². The van der Waals surface area contributed by atoms with Gasteiger partial charge in [0.1, 0.15) is 0 Å². The second-order valence-corrected chi connectivity index (χ2v) is 5.93. The summed E-state index contributed by atoms with van der Waals surface area (Å²) in [6.07, 6.45) is 12.0. The van der Waals surface area contributed by atoms with Gasteiger partial charge in [-0.3, -0.25) is 0 Å². The summed E-state index contributed by atoms with van der Waals surface area (Å²) in [6, 6.07) is 0. The van der Waals surface area contributed by atoms with Crippen LogP contribution in [0.15, 0.2) is 0 Å². The SMILES string of the molecule is CC(O)(CCCCCCCCCCCCCl)C(=O)O. The number of carboxylic acids is 1. The fourth-order valence-corrected chi connectivity index (χ4v) is 2.27.